The van der Waals surface area contributed by atoms with Gasteiger partial charge in [-0.1, -0.05) is 164 Å². The number of thiophene rings is 1. The molecule has 0 spiro atoms. The first kappa shape index (κ1) is 35.2. The summed E-state index contributed by atoms with van der Waals surface area (Å²) in [6, 6.07) is 81.2. The van der Waals surface area contributed by atoms with Crippen LogP contribution in [0.3, 0.4) is 0 Å². The Morgan fingerprint density at radius 2 is 0.934 bits per heavy atom. The zero-order valence-corrected chi connectivity index (χ0v) is 33.9. The Bertz CT molecular complexity index is 3610. The van der Waals surface area contributed by atoms with Crippen molar-refractivity contribution in [2.24, 2.45) is 0 Å². The predicted molar refractivity (Wildman–Crippen MR) is 261 cm³/mol. The lowest BCUT2D eigenvalue weighted by Gasteiger charge is -2.28. The van der Waals surface area contributed by atoms with Crippen molar-refractivity contribution in [1.82, 2.24) is 0 Å². The molecule has 0 amide bonds. The van der Waals surface area contributed by atoms with Gasteiger partial charge in [-0.2, -0.15) is 0 Å². The standard InChI is InChI=1S/C58H37NOS/c1-2-19-46-38(13-1)14-11-23-47(46)39-29-32-44(33-30-39)59(54-26-6-3-20-48(54)43-31-34-51-50-21-4-7-27-55(50)60-56(51)37-43)45-18-10-16-41(36-45)40-15-9-17-42(35-40)49-24-12-25-53-52-22-5-8-28-57(52)61-58(49)53/h1-37H. The molecule has 0 aliphatic rings. The maximum Gasteiger partial charge on any atom is 0.136 e. The molecule has 3 heteroatoms. The van der Waals surface area contributed by atoms with E-state index in [2.05, 4.69) is 217 Å². The fraction of sp³-hybridized carbons (Fsp3) is 0. The van der Waals surface area contributed by atoms with Crippen LogP contribution in [0.15, 0.2) is 229 Å². The maximum atomic E-state index is 6.40. The average molecular weight is 796 g/mol. The van der Waals surface area contributed by atoms with Gasteiger partial charge in [-0.25, -0.2) is 0 Å². The summed E-state index contributed by atoms with van der Waals surface area (Å²) in [6.07, 6.45) is 0. The SMILES string of the molecule is c1cc(-c2cccc(N(c3ccc(-c4cccc5ccccc45)cc3)c3ccccc3-c3ccc4c(c3)oc3ccccc34)c2)cc(-c2cccc3c2sc2ccccc23)c1. The molecule has 0 fully saturated rings. The number of hydrogen-bond donors (Lipinski definition) is 0. The number of hydrogen-bond acceptors (Lipinski definition) is 3. The highest BCUT2D eigenvalue weighted by Crippen LogP contribution is 2.45. The fourth-order valence-electron chi connectivity index (χ4n) is 9.17. The van der Waals surface area contributed by atoms with Crippen molar-refractivity contribution in [2.45, 2.75) is 0 Å². The number of fused-ring (bicyclic) bond motifs is 7. The minimum absolute atomic E-state index is 0.882. The molecule has 61 heavy (non-hydrogen) atoms. The largest absolute Gasteiger partial charge is 0.456 e. The average Bonchev–Trinajstić information content (AvgIpc) is 3.90. The van der Waals surface area contributed by atoms with Crippen molar-refractivity contribution in [1.29, 1.82) is 0 Å². The number of anilines is 3. The highest BCUT2D eigenvalue weighted by Gasteiger charge is 2.20. The Morgan fingerprint density at radius 3 is 1.85 bits per heavy atom. The van der Waals surface area contributed by atoms with E-state index in [0.717, 1.165) is 55.7 Å². The van der Waals surface area contributed by atoms with Crippen LogP contribution >= 0.6 is 11.3 Å². The number of rotatable bonds is 7. The minimum atomic E-state index is 0.882. The second kappa shape index (κ2) is 14.5. The van der Waals surface area contributed by atoms with E-state index in [9.17, 15) is 0 Å². The molecule has 0 aliphatic heterocycles. The van der Waals surface area contributed by atoms with Crippen LogP contribution in [-0.2, 0) is 0 Å². The first-order valence-electron chi connectivity index (χ1n) is 20.7. The number of furan rings is 1. The van der Waals surface area contributed by atoms with Crippen LogP contribution in [0.4, 0.5) is 17.1 Å². The highest BCUT2D eigenvalue weighted by molar-refractivity contribution is 7.26. The summed E-state index contributed by atoms with van der Waals surface area (Å²) in [4.78, 5) is 2.40. The first-order chi connectivity index (χ1) is 30.2. The Balaban J connectivity index is 0.996. The van der Waals surface area contributed by atoms with E-state index in [4.69, 9.17) is 4.42 Å². The third-order valence-electron chi connectivity index (χ3n) is 12.1. The van der Waals surface area contributed by atoms with Crippen LogP contribution in [0.25, 0.3) is 97.4 Å². The smallest absolute Gasteiger partial charge is 0.136 e. The van der Waals surface area contributed by atoms with E-state index >= 15 is 0 Å². The minimum Gasteiger partial charge on any atom is -0.456 e. The van der Waals surface area contributed by atoms with Crippen LogP contribution in [0.2, 0.25) is 0 Å². The van der Waals surface area contributed by atoms with Crippen LogP contribution in [0, 0.1) is 0 Å². The van der Waals surface area contributed by atoms with Gasteiger partial charge < -0.3 is 9.32 Å². The molecule has 2 heterocycles. The van der Waals surface area contributed by atoms with Gasteiger partial charge in [0.2, 0.25) is 0 Å². The Kier molecular flexibility index (Phi) is 8.39. The summed E-state index contributed by atoms with van der Waals surface area (Å²) in [5, 5.41) is 7.37. The molecule has 0 atom stereocenters. The highest BCUT2D eigenvalue weighted by atomic mass is 32.1. The van der Waals surface area contributed by atoms with Gasteiger partial charge in [0.25, 0.3) is 0 Å². The lowest BCUT2D eigenvalue weighted by molar-refractivity contribution is 0.669. The topological polar surface area (TPSA) is 16.4 Å². The van der Waals surface area contributed by atoms with Crippen molar-refractivity contribution >= 4 is 81.3 Å². The van der Waals surface area contributed by atoms with Crippen molar-refractivity contribution in [3.63, 3.8) is 0 Å². The molecular formula is C58H37NOS. The van der Waals surface area contributed by atoms with Crippen molar-refractivity contribution in [3.05, 3.63) is 224 Å². The van der Waals surface area contributed by atoms with E-state index in [-0.39, 0.29) is 0 Å². The van der Waals surface area contributed by atoms with Crippen LogP contribution < -0.4 is 4.90 Å². The van der Waals surface area contributed by atoms with Gasteiger partial charge in [-0.3, -0.25) is 0 Å². The molecule has 10 aromatic carbocycles. The summed E-state index contributed by atoms with van der Waals surface area (Å²) in [5.41, 5.74) is 14.4. The number of nitrogens with zero attached hydrogens (tertiary/aromatic N) is 1. The second-order valence-electron chi connectivity index (χ2n) is 15.6. The maximum absolute atomic E-state index is 6.40. The lowest BCUT2D eigenvalue weighted by atomic mass is 9.96. The van der Waals surface area contributed by atoms with Crippen molar-refractivity contribution in [2.75, 3.05) is 4.90 Å². The van der Waals surface area contributed by atoms with E-state index in [1.165, 1.54) is 58.8 Å². The molecule has 2 nitrogen and oxygen atoms in total. The van der Waals surface area contributed by atoms with Gasteiger partial charge in [0.1, 0.15) is 11.2 Å². The Labute approximate surface area is 357 Å². The van der Waals surface area contributed by atoms with Gasteiger partial charge >= 0.3 is 0 Å². The van der Waals surface area contributed by atoms with Gasteiger partial charge in [-0.05, 0) is 110 Å². The Hall–Kier alpha value is -7.72. The molecule has 0 aliphatic carbocycles. The monoisotopic (exact) mass is 795 g/mol. The summed E-state index contributed by atoms with van der Waals surface area (Å²) >= 11 is 1.87. The number of benzene rings is 10. The van der Waals surface area contributed by atoms with Crippen molar-refractivity contribution in [3.8, 4) is 44.5 Å². The summed E-state index contributed by atoms with van der Waals surface area (Å²) < 4.78 is 9.04. The normalized spacial score (nSPS) is 11.6. The molecular weight excluding hydrogens is 759 g/mol. The van der Waals surface area contributed by atoms with Crippen LogP contribution in [-0.4, -0.2) is 0 Å². The van der Waals surface area contributed by atoms with Gasteiger partial charge in [0.05, 0.1) is 5.69 Å². The molecule has 286 valence electrons. The Morgan fingerprint density at radius 1 is 0.328 bits per heavy atom. The summed E-state index contributed by atoms with van der Waals surface area (Å²) in [7, 11) is 0. The second-order valence-corrected chi connectivity index (χ2v) is 16.7. The van der Waals surface area contributed by atoms with Gasteiger partial charge in [0.15, 0.2) is 0 Å². The predicted octanol–water partition coefficient (Wildman–Crippen LogP) is 17.2. The van der Waals surface area contributed by atoms with E-state index in [0.29, 0.717) is 0 Å². The van der Waals surface area contributed by atoms with Gasteiger partial charge in [-0.15, -0.1) is 11.3 Å². The summed E-state index contributed by atoms with van der Waals surface area (Å²) in [6.45, 7) is 0. The van der Waals surface area contributed by atoms with Crippen LogP contribution in [0.1, 0.15) is 0 Å². The molecule has 12 aromatic rings. The lowest BCUT2D eigenvalue weighted by Crippen LogP contribution is -2.11. The molecule has 0 saturated carbocycles. The van der Waals surface area contributed by atoms with E-state index in [1.54, 1.807) is 0 Å². The van der Waals surface area contributed by atoms with Crippen molar-refractivity contribution < 1.29 is 4.42 Å². The van der Waals surface area contributed by atoms with Gasteiger partial charge in [0, 0.05) is 47.9 Å². The molecule has 0 N–H and O–H groups in total. The zero-order valence-electron chi connectivity index (χ0n) is 33.1. The van der Waals surface area contributed by atoms with E-state index < -0.39 is 0 Å². The van der Waals surface area contributed by atoms with E-state index in [1.807, 2.05) is 23.5 Å². The molecule has 0 unspecified atom stereocenters. The molecule has 12 rings (SSSR count). The third kappa shape index (κ3) is 6.09. The molecule has 0 radical (unpaired) electrons. The number of para-hydroxylation sites is 2. The zero-order chi connectivity index (χ0) is 40.3. The van der Waals surface area contributed by atoms with Crippen LogP contribution in [0.5, 0.6) is 0 Å². The molecule has 0 bridgehead atoms. The fourth-order valence-corrected chi connectivity index (χ4v) is 10.4. The summed E-state index contributed by atoms with van der Waals surface area (Å²) in [5.74, 6) is 0. The molecule has 2 aromatic heterocycles. The third-order valence-corrected chi connectivity index (χ3v) is 13.3. The molecule has 0 saturated heterocycles. The first-order valence-corrected chi connectivity index (χ1v) is 21.6. The quantitative estimate of drug-likeness (QED) is 0.160.